The normalized spacial score (nSPS) is 8.44. The second kappa shape index (κ2) is 7.93. The third-order valence-electron chi connectivity index (χ3n) is 2.31. The van der Waals surface area contributed by atoms with E-state index in [9.17, 15) is 0 Å². The van der Waals surface area contributed by atoms with E-state index in [2.05, 4.69) is 0 Å². The molecule has 0 aliphatic heterocycles. The minimum atomic E-state index is 0. The summed E-state index contributed by atoms with van der Waals surface area (Å²) < 4.78 is 0. The molecule has 0 amide bonds. The lowest BCUT2D eigenvalue weighted by Gasteiger charge is -2.05. The molecule has 0 saturated carbocycles. The first-order valence-electron chi connectivity index (χ1n) is 4.68. The summed E-state index contributed by atoms with van der Waals surface area (Å²) in [4.78, 5) is 0. The molecule has 6 heteroatoms. The monoisotopic (exact) mass is 307 g/mol. The topological polar surface area (TPSA) is 78.1 Å². The van der Waals surface area contributed by atoms with Crippen LogP contribution in [0.15, 0.2) is 42.5 Å². The van der Waals surface area contributed by atoms with Crippen LogP contribution in [0.2, 0.25) is 0 Å². The van der Waals surface area contributed by atoms with Crippen LogP contribution in [-0.4, -0.2) is 0 Å². The Labute approximate surface area is 125 Å². The number of nitrogen functional groups attached to an aromatic ring is 3. The molecule has 0 aliphatic carbocycles. The summed E-state index contributed by atoms with van der Waals surface area (Å²) in [6, 6.07) is 13.2. The minimum absolute atomic E-state index is 0. The molecule has 0 aromatic heterocycles. The maximum Gasteiger partial charge on any atom is 0.0554 e. The molecule has 0 heterocycles. The number of hydrogen-bond donors (Lipinski definition) is 3. The van der Waals surface area contributed by atoms with Crippen LogP contribution >= 0.6 is 37.2 Å². The van der Waals surface area contributed by atoms with Gasteiger partial charge in [0.25, 0.3) is 0 Å². The Morgan fingerprint density at radius 1 is 0.611 bits per heavy atom. The molecule has 3 nitrogen and oxygen atoms in total. The van der Waals surface area contributed by atoms with E-state index in [1.165, 1.54) is 0 Å². The third-order valence-corrected chi connectivity index (χ3v) is 2.31. The highest BCUT2D eigenvalue weighted by atomic mass is 35.5. The van der Waals surface area contributed by atoms with Crippen LogP contribution in [0.3, 0.4) is 0 Å². The van der Waals surface area contributed by atoms with E-state index in [0.717, 1.165) is 16.8 Å². The zero-order valence-electron chi connectivity index (χ0n) is 9.50. The molecule has 100 valence electrons. The van der Waals surface area contributed by atoms with Crippen molar-refractivity contribution >= 4 is 54.3 Å². The second-order valence-electron chi connectivity index (χ2n) is 3.47. The van der Waals surface area contributed by atoms with Crippen LogP contribution in [0.4, 0.5) is 17.1 Å². The van der Waals surface area contributed by atoms with Gasteiger partial charge in [-0.15, -0.1) is 37.2 Å². The van der Waals surface area contributed by atoms with Crippen molar-refractivity contribution in [2.75, 3.05) is 17.2 Å². The first kappa shape index (κ1) is 19.1. The molecule has 0 atom stereocenters. The summed E-state index contributed by atoms with van der Waals surface area (Å²) >= 11 is 0. The van der Waals surface area contributed by atoms with Crippen LogP contribution < -0.4 is 17.2 Å². The predicted molar refractivity (Wildman–Crippen MR) is 86.9 cm³/mol. The molecular formula is C12H16Cl3N3. The summed E-state index contributed by atoms with van der Waals surface area (Å²) in [7, 11) is 0. The lowest BCUT2D eigenvalue weighted by Crippen LogP contribution is -1.94. The molecule has 0 spiro atoms. The highest BCUT2D eigenvalue weighted by Crippen LogP contribution is 2.26. The van der Waals surface area contributed by atoms with Crippen LogP contribution in [-0.2, 0) is 0 Å². The van der Waals surface area contributed by atoms with E-state index >= 15 is 0 Å². The van der Waals surface area contributed by atoms with Crippen LogP contribution in [0, 0.1) is 0 Å². The molecule has 0 radical (unpaired) electrons. The van der Waals surface area contributed by atoms with Crippen molar-refractivity contribution in [1.29, 1.82) is 0 Å². The van der Waals surface area contributed by atoms with E-state index in [-0.39, 0.29) is 37.2 Å². The summed E-state index contributed by atoms with van der Waals surface area (Å²) in [5, 5.41) is 0. The van der Waals surface area contributed by atoms with Crippen molar-refractivity contribution in [2.24, 2.45) is 0 Å². The Morgan fingerprint density at radius 2 is 1.22 bits per heavy atom. The third kappa shape index (κ3) is 4.18. The molecule has 2 aromatic carbocycles. The fourth-order valence-electron chi connectivity index (χ4n) is 1.47. The summed E-state index contributed by atoms with van der Waals surface area (Å²) in [5.41, 5.74) is 21.1. The van der Waals surface area contributed by atoms with Gasteiger partial charge < -0.3 is 17.2 Å². The smallest absolute Gasteiger partial charge is 0.0554 e. The molecule has 0 bridgehead atoms. The number of nitrogens with two attached hydrogens (primary N) is 3. The van der Waals surface area contributed by atoms with Crippen molar-refractivity contribution in [1.82, 2.24) is 0 Å². The van der Waals surface area contributed by atoms with Gasteiger partial charge in [-0.05, 0) is 35.4 Å². The molecule has 18 heavy (non-hydrogen) atoms. The Hall–Kier alpha value is -1.29. The van der Waals surface area contributed by atoms with Gasteiger partial charge in [0.1, 0.15) is 0 Å². The highest BCUT2D eigenvalue weighted by molar-refractivity contribution is 5.86. The Balaban J connectivity index is 0. The van der Waals surface area contributed by atoms with Crippen molar-refractivity contribution in [3.05, 3.63) is 42.5 Å². The number of halogens is 3. The van der Waals surface area contributed by atoms with E-state index in [0.29, 0.717) is 11.4 Å². The molecule has 0 saturated heterocycles. The predicted octanol–water partition coefficient (Wildman–Crippen LogP) is 3.37. The zero-order chi connectivity index (χ0) is 10.8. The summed E-state index contributed by atoms with van der Waals surface area (Å²) in [5.74, 6) is 0. The highest BCUT2D eigenvalue weighted by Gasteiger charge is 2.00. The molecule has 2 rings (SSSR count). The average Bonchev–Trinajstić information content (AvgIpc) is 2.22. The van der Waals surface area contributed by atoms with Gasteiger partial charge in [0.15, 0.2) is 0 Å². The van der Waals surface area contributed by atoms with Crippen molar-refractivity contribution in [3.63, 3.8) is 0 Å². The fraction of sp³-hybridized carbons (Fsp3) is 0. The quantitative estimate of drug-likeness (QED) is 0.707. The van der Waals surface area contributed by atoms with Gasteiger partial charge in [-0.25, -0.2) is 0 Å². The van der Waals surface area contributed by atoms with Gasteiger partial charge in [-0.2, -0.15) is 0 Å². The summed E-state index contributed by atoms with van der Waals surface area (Å²) in [6.45, 7) is 0. The largest absolute Gasteiger partial charge is 0.399 e. The Kier molecular flexibility index (Phi) is 8.39. The van der Waals surface area contributed by atoms with Crippen molar-refractivity contribution in [3.8, 4) is 11.1 Å². The number of anilines is 3. The van der Waals surface area contributed by atoms with Gasteiger partial charge >= 0.3 is 0 Å². The summed E-state index contributed by atoms with van der Waals surface area (Å²) in [6.07, 6.45) is 0. The number of rotatable bonds is 1. The molecule has 6 N–H and O–H groups in total. The first-order valence-corrected chi connectivity index (χ1v) is 4.68. The van der Waals surface area contributed by atoms with Gasteiger partial charge in [0.2, 0.25) is 0 Å². The van der Waals surface area contributed by atoms with Crippen molar-refractivity contribution < 1.29 is 0 Å². The van der Waals surface area contributed by atoms with Gasteiger partial charge in [0.05, 0.1) is 11.4 Å². The van der Waals surface area contributed by atoms with E-state index < -0.39 is 0 Å². The maximum atomic E-state index is 5.74. The van der Waals surface area contributed by atoms with Gasteiger partial charge in [-0.3, -0.25) is 0 Å². The first-order chi connectivity index (χ1) is 7.16. The second-order valence-corrected chi connectivity index (χ2v) is 3.47. The molecule has 0 aliphatic rings. The van der Waals surface area contributed by atoms with Crippen LogP contribution in [0.25, 0.3) is 11.1 Å². The Morgan fingerprint density at radius 3 is 1.78 bits per heavy atom. The molecule has 0 fully saturated rings. The molecule has 0 unspecified atom stereocenters. The number of benzene rings is 2. The average molecular weight is 309 g/mol. The van der Waals surface area contributed by atoms with Crippen LogP contribution in [0.5, 0.6) is 0 Å². The lowest BCUT2D eigenvalue weighted by atomic mass is 10.0. The Bertz CT molecular complexity index is 504. The number of hydrogen-bond acceptors (Lipinski definition) is 3. The van der Waals surface area contributed by atoms with E-state index in [4.69, 9.17) is 17.2 Å². The van der Waals surface area contributed by atoms with Gasteiger partial charge in [0, 0.05) is 5.69 Å². The molecular weight excluding hydrogens is 293 g/mol. The van der Waals surface area contributed by atoms with Gasteiger partial charge in [-0.1, -0.05) is 18.2 Å². The lowest BCUT2D eigenvalue weighted by molar-refractivity contribution is 1.60. The van der Waals surface area contributed by atoms with Crippen LogP contribution in [0.1, 0.15) is 0 Å². The van der Waals surface area contributed by atoms with E-state index in [1.54, 1.807) is 6.07 Å². The van der Waals surface area contributed by atoms with Crippen molar-refractivity contribution in [2.45, 2.75) is 0 Å². The minimum Gasteiger partial charge on any atom is -0.399 e. The standard InChI is InChI=1S/C12H13N3.3ClH/c13-10-3-1-2-8(6-10)9-4-5-11(14)12(15)7-9;;;/h1-7H,13-15H2;3*1H. The maximum absolute atomic E-state index is 5.74. The zero-order valence-corrected chi connectivity index (χ0v) is 11.9. The fourth-order valence-corrected chi connectivity index (χ4v) is 1.47. The SMILES string of the molecule is Cl.Cl.Cl.Nc1cccc(-c2ccc(N)c(N)c2)c1. The molecule has 2 aromatic rings. The van der Waals surface area contributed by atoms with E-state index in [1.807, 2.05) is 36.4 Å².